The summed E-state index contributed by atoms with van der Waals surface area (Å²) in [5.74, 6) is 0. The van der Waals surface area contributed by atoms with Gasteiger partial charge in [-0.05, 0) is 32.1 Å². The quantitative estimate of drug-likeness (QED) is 0.136. The van der Waals surface area contributed by atoms with E-state index in [1.54, 1.807) is 0 Å². The van der Waals surface area contributed by atoms with Crippen LogP contribution in [0.15, 0.2) is 0 Å². The first-order chi connectivity index (χ1) is 15.1. The third-order valence-corrected chi connectivity index (χ3v) is 4.72. The summed E-state index contributed by atoms with van der Waals surface area (Å²) in [5.41, 5.74) is -0.699. The molecule has 0 amide bonds. The number of hydrogen-bond donors (Lipinski definition) is 8. The van der Waals surface area contributed by atoms with Gasteiger partial charge in [0, 0.05) is 12.0 Å². The van der Waals surface area contributed by atoms with E-state index in [1.165, 1.54) is 0 Å². The van der Waals surface area contributed by atoms with Crippen molar-refractivity contribution in [2.75, 3.05) is 52.9 Å². The van der Waals surface area contributed by atoms with Gasteiger partial charge in [0.25, 0.3) is 0 Å². The monoisotopic (exact) mass is 474 g/mol. The van der Waals surface area contributed by atoms with Gasteiger partial charge in [0.2, 0.25) is 0 Å². The zero-order valence-corrected chi connectivity index (χ0v) is 20.4. The van der Waals surface area contributed by atoms with Crippen molar-refractivity contribution in [3.05, 3.63) is 0 Å². The van der Waals surface area contributed by atoms with Gasteiger partial charge in [0.05, 0.1) is 70.7 Å². The van der Waals surface area contributed by atoms with Crippen LogP contribution in [0.25, 0.3) is 0 Å². The van der Waals surface area contributed by atoms with E-state index in [-0.39, 0.29) is 52.9 Å². The molecule has 0 saturated heterocycles. The minimum atomic E-state index is -0.699. The summed E-state index contributed by atoms with van der Waals surface area (Å²) in [6.45, 7) is 7.65. The van der Waals surface area contributed by atoms with E-state index in [9.17, 15) is 15.3 Å². The van der Waals surface area contributed by atoms with E-state index < -0.39 is 29.8 Å². The summed E-state index contributed by atoms with van der Waals surface area (Å²) in [4.78, 5) is 0. The lowest BCUT2D eigenvalue weighted by molar-refractivity contribution is -0.0861. The zero-order chi connectivity index (χ0) is 25.4. The van der Waals surface area contributed by atoms with Gasteiger partial charge in [-0.2, -0.15) is 0 Å². The molecule has 0 aliphatic carbocycles. The summed E-state index contributed by atoms with van der Waals surface area (Å²) in [6, 6.07) is 0. The summed E-state index contributed by atoms with van der Waals surface area (Å²) in [7, 11) is 0. The lowest BCUT2D eigenvalue weighted by Crippen LogP contribution is -2.39. The van der Waals surface area contributed by atoms with E-state index >= 15 is 0 Å². The van der Waals surface area contributed by atoms with Gasteiger partial charge in [-0.1, -0.05) is 27.7 Å². The predicted molar refractivity (Wildman–Crippen MR) is 122 cm³/mol. The SMILES string of the molecule is CCC(O)CO.CCC(O)CO.CCC(O)COCC(CO)(CCO)COCC(O)CC. The fourth-order valence-corrected chi connectivity index (χ4v) is 1.91. The van der Waals surface area contributed by atoms with E-state index in [0.717, 1.165) is 0 Å². The molecule has 0 saturated carbocycles. The summed E-state index contributed by atoms with van der Waals surface area (Å²) < 4.78 is 10.8. The first-order valence-corrected chi connectivity index (χ1v) is 11.5. The van der Waals surface area contributed by atoms with Crippen LogP contribution in [0.2, 0.25) is 0 Å². The van der Waals surface area contributed by atoms with Gasteiger partial charge in [0.1, 0.15) is 0 Å². The van der Waals surface area contributed by atoms with Crippen molar-refractivity contribution in [3.63, 3.8) is 0 Å². The van der Waals surface area contributed by atoms with Gasteiger partial charge in [-0.15, -0.1) is 0 Å². The highest BCUT2D eigenvalue weighted by Gasteiger charge is 2.30. The minimum Gasteiger partial charge on any atom is -0.396 e. The van der Waals surface area contributed by atoms with E-state index in [1.807, 2.05) is 27.7 Å². The fourth-order valence-electron chi connectivity index (χ4n) is 1.91. The fraction of sp³-hybridized carbons (Fsp3) is 1.00. The largest absolute Gasteiger partial charge is 0.396 e. The second-order valence-electron chi connectivity index (χ2n) is 7.78. The van der Waals surface area contributed by atoms with Crippen LogP contribution in [0.5, 0.6) is 0 Å². The van der Waals surface area contributed by atoms with Crippen LogP contribution in [0, 0.1) is 5.41 Å². The van der Waals surface area contributed by atoms with Crippen molar-refractivity contribution in [3.8, 4) is 0 Å². The summed E-state index contributed by atoms with van der Waals surface area (Å²) >= 11 is 0. The molecule has 0 aromatic carbocycles. The maximum absolute atomic E-state index is 9.56. The number of ether oxygens (including phenoxy) is 2. The molecule has 0 heterocycles. The van der Waals surface area contributed by atoms with E-state index in [2.05, 4.69) is 0 Å². The zero-order valence-electron chi connectivity index (χ0n) is 20.4. The summed E-state index contributed by atoms with van der Waals surface area (Å²) in [6.07, 6.45) is 0.749. The highest BCUT2D eigenvalue weighted by molar-refractivity contribution is 4.78. The molecule has 0 rings (SSSR count). The first kappa shape index (κ1) is 36.2. The molecule has 0 spiro atoms. The minimum absolute atomic E-state index is 0.0834. The molecule has 10 heteroatoms. The van der Waals surface area contributed by atoms with Crippen LogP contribution in [-0.4, -0.2) is 118 Å². The Balaban J connectivity index is -0.000000571. The van der Waals surface area contributed by atoms with Crippen molar-refractivity contribution in [2.24, 2.45) is 5.41 Å². The van der Waals surface area contributed by atoms with E-state index in [4.69, 9.17) is 35.0 Å². The second-order valence-corrected chi connectivity index (χ2v) is 7.78. The van der Waals surface area contributed by atoms with Crippen molar-refractivity contribution in [1.82, 2.24) is 0 Å². The van der Waals surface area contributed by atoms with Crippen LogP contribution in [-0.2, 0) is 9.47 Å². The number of rotatable bonds is 17. The Kier molecular flexibility index (Phi) is 28.5. The molecule has 0 bridgehead atoms. The normalized spacial score (nSPS) is 16.5. The Bertz CT molecular complexity index is 326. The standard InChI is InChI=1S/C14H30O6.2C4H10O2/c1-3-12(17)7-19-10-14(9-16,5-6-15)11-20-8-13(18)4-2;2*1-2-4(6)3-5/h12-13,15-18H,3-11H2,1-2H3;2*4-6H,2-3H2,1H3. The second kappa shape index (κ2) is 25.2. The average Bonchev–Trinajstić information content (AvgIpc) is 2.83. The first-order valence-electron chi connectivity index (χ1n) is 11.5. The molecule has 0 aromatic heterocycles. The molecular weight excluding hydrogens is 424 g/mol. The van der Waals surface area contributed by atoms with Crippen LogP contribution in [0.1, 0.15) is 59.8 Å². The summed E-state index contributed by atoms with van der Waals surface area (Å²) in [5, 5.41) is 70.6. The van der Waals surface area contributed by atoms with Crippen LogP contribution >= 0.6 is 0 Å². The predicted octanol–water partition coefficient (Wildman–Crippen LogP) is -0.578. The van der Waals surface area contributed by atoms with Gasteiger partial charge >= 0.3 is 0 Å². The lowest BCUT2D eigenvalue weighted by atomic mass is 9.87. The highest BCUT2D eigenvalue weighted by atomic mass is 16.5. The lowest BCUT2D eigenvalue weighted by Gasteiger charge is -2.31. The Labute approximate surface area is 193 Å². The van der Waals surface area contributed by atoms with Crippen molar-refractivity contribution in [2.45, 2.75) is 84.2 Å². The molecule has 10 nitrogen and oxygen atoms in total. The molecule has 198 valence electrons. The Hall–Kier alpha value is -0.400. The number of aliphatic hydroxyl groups excluding tert-OH is 8. The van der Waals surface area contributed by atoms with Crippen molar-refractivity contribution < 1.29 is 50.3 Å². The van der Waals surface area contributed by atoms with Gasteiger partial charge in [0.15, 0.2) is 0 Å². The van der Waals surface area contributed by atoms with Crippen molar-refractivity contribution >= 4 is 0 Å². The van der Waals surface area contributed by atoms with Gasteiger partial charge < -0.3 is 50.3 Å². The Morgan fingerprint density at radius 2 is 0.938 bits per heavy atom. The van der Waals surface area contributed by atoms with Crippen LogP contribution < -0.4 is 0 Å². The van der Waals surface area contributed by atoms with Gasteiger partial charge in [-0.3, -0.25) is 0 Å². The highest BCUT2D eigenvalue weighted by Crippen LogP contribution is 2.23. The van der Waals surface area contributed by atoms with Crippen LogP contribution in [0.3, 0.4) is 0 Å². The molecule has 0 aromatic rings. The molecule has 4 atom stereocenters. The van der Waals surface area contributed by atoms with Gasteiger partial charge in [-0.25, -0.2) is 0 Å². The molecule has 4 unspecified atom stereocenters. The van der Waals surface area contributed by atoms with Crippen molar-refractivity contribution in [1.29, 1.82) is 0 Å². The molecule has 8 N–H and O–H groups in total. The molecule has 0 fully saturated rings. The molecule has 0 radical (unpaired) electrons. The maximum atomic E-state index is 9.56. The number of aliphatic hydroxyl groups is 8. The Morgan fingerprint density at radius 3 is 1.12 bits per heavy atom. The molecule has 0 aliphatic rings. The molecule has 0 aliphatic heterocycles. The Morgan fingerprint density at radius 1 is 0.594 bits per heavy atom. The average molecular weight is 475 g/mol. The smallest absolute Gasteiger partial charge is 0.0771 e. The number of hydrogen-bond acceptors (Lipinski definition) is 10. The molecule has 32 heavy (non-hydrogen) atoms. The maximum Gasteiger partial charge on any atom is 0.0771 e. The van der Waals surface area contributed by atoms with E-state index in [0.29, 0.717) is 32.1 Å². The molecular formula is C22H50O10. The third-order valence-electron chi connectivity index (χ3n) is 4.72. The topological polar surface area (TPSA) is 180 Å². The van der Waals surface area contributed by atoms with Crippen LogP contribution in [0.4, 0.5) is 0 Å². The third kappa shape index (κ3) is 22.8.